The second-order valence-corrected chi connectivity index (χ2v) is 6.75. The largest absolute Gasteiger partial charge is 0.394 e. The van der Waals surface area contributed by atoms with Gasteiger partial charge in [0, 0.05) is 12.8 Å². The first-order valence-corrected chi connectivity index (χ1v) is 8.62. The van der Waals surface area contributed by atoms with Crippen molar-refractivity contribution in [3.63, 3.8) is 0 Å². The van der Waals surface area contributed by atoms with E-state index in [1.165, 1.54) is 5.56 Å². The van der Waals surface area contributed by atoms with Gasteiger partial charge in [-0.3, -0.25) is 0 Å². The van der Waals surface area contributed by atoms with E-state index >= 15 is 0 Å². The third-order valence-corrected chi connectivity index (χ3v) is 4.72. The fourth-order valence-corrected chi connectivity index (χ4v) is 3.32. The molecule has 25 heavy (non-hydrogen) atoms. The molecule has 130 valence electrons. The molecule has 4 heteroatoms. The summed E-state index contributed by atoms with van der Waals surface area (Å²) in [5.74, 6) is 0. The van der Waals surface area contributed by atoms with Gasteiger partial charge in [0.15, 0.2) is 0 Å². The molecule has 2 aromatic rings. The van der Waals surface area contributed by atoms with E-state index in [1.54, 1.807) is 0 Å². The Balaban J connectivity index is 1.87. The van der Waals surface area contributed by atoms with Crippen LogP contribution in [0.3, 0.4) is 0 Å². The van der Waals surface area contributed by atoms with Crippen LogP contribution in [-0.2, 0) is 11.2 Å². The Morgan fingerprint density at radius 2 is 1.92 bits per heavy atom. The van der Waals surface area contributed by atoms with Crippen molar-refractivity contribution in [1.29, 1.82) is 5.26 Å². The second kappa shape index (κ2) is 7.79. The van der Waals surface area contributed by atoms with E-state index in [-0.39, 0.29) is 18.8 Å². The van der Waals surface area contributed by atoms with E-state index < -0.39 is 6.10 Å². The van der Waals surface area contributed by atoms with Crippen LogP contribution >= 0.6 is 0 Å². The average molecular weight is 337 g/mol. The van der Waals surface area contributed by atoms with Gasteiger partial charge in [0.05, 0.1) is 36.6 Å². The summed E-state index contributed by atoms with van der Waals surface area (Å²) in [6, 6.07) is 16.2. The van der Waals surface area contributed by atoms with Crippen molar-refractivity contribution in [3.8, 4) is 6.07 Å². The van der Waals surface area contributed by atoms with Crippen LogP contribution in [-0.4, -0.2) is 29.0 Å². The molecule has 3 rings (SSSR count). The SMILES string of the molecule is Cc1ccc(Cc2cc(C3CC(O)CC(CO)O3)ccc2C#N)cc1. The number of nitriles is 1. The average Bonchev–Trinajstić information content (AvgIpc) is 2.63. The zero-order valence-electron chi connectivity index (χ0n) is 14.4. The van der Waals surface area contributed by atoms with Crippen molar-refractivity contribution in [2.24, 2.45) is 0 Å². The molecule has 3 unspecified atom stereocenters. The summed E-state index contributed by atoms with van der Waals surface area (Å²) in [5, 5.41) is 28.8. The lowest BCUT2D eigenvalue weighted by Crippen LogP contribution is -2.33. The van der Waals surface area contributed by atoms with E-state index in [9.17, 15) is 15.5 Å². The minimum Gasteiger partial charge on any atom is -0.394 e. The number of benzene rings is 2. The Kier molecular flexibility index (Phi) is 5.50. The smallest absolute Gasteiger partial charge is 0.0994 e. The van der Waals surface area contributed by atoms with Gasteiger partial charge in [0.2, 0.25) is 0 Å². The molecule has 1 aliphatic heterocycles. The van der Waals surface area contributed by atoms with Crippen LogP contribution < -0.4 is 0 Å². The quantitative estimate of drug-likeness (QED) is 0.899. The number of aliphatic hydroxyl groups is 2. The lowest BCUT2D eigenvalue weighted by atomic mass is 9.92. The molecule has 1 saturated heterocycles. The van der Waals surface area contributed by atoms with Gasteiger partial charge in [-0.05, 0) is 36.1 Å². The van der Waals surface area contributed by atoms with Gasteiger partial charge in [0.25, 0.3) is 0 Å². The molecule has 2 aromatic carbocycles. The summed E-state index contributed by atoms with van der Waals surface area (Å²) >= 11 is 0. The molecular formula is C21H23NO3. The first kappa shape index (κ1) is 17.6. The fraction of sp³-hybridized carbons (Fsp3) is 0.381. The van der Waals surface area contributed by atoms with E-state index in [0.29, 0.717) is 24.8 Å². The Morgan fingerprint density at radius 1 is 1.16 bits per heavy atom. The first-order valence-electron chi connectivity index (χ1n) is 8.62. The zero-order chi connectivity index (χ0) is 17.8. The Bertz CT molecular complexity index is 764. The van der Waals surface area contributed by atoms with Crippen molar-refractivity contribution in [3.05, 3.63) is 70.3 Å². The molecule has 0 bridgehead atoms. The van der Waals surface area contributed by atoms with Crippen molar-refractivity contribution in [2.45, 2.75) is 44.5 Å². The minimum atomic E-state index is -0.480. The lowest BCUT2D eigenvalue weighted by molar-refractivity contribution is -0.113. The van der Waals surface area contributed by atoms with E-state index in [4.69, 9.17) is 4.74 Å². The van der Waals surface area contributed by atoms with Gasteiger partial charge in [-0.1, -0.05) is 42.0 Å². The Morgan fingerprint density at radius 3 is 2.60 bits per heavy atom. The van der Waals surface area contributed by atoms with Gasteiger partial charge in [0.1, 0.15) is 0 Å². The molecule has 0 aliphatic carbocycles. The van der Waals surface area contributed by atoms with Crippen LogP contribution in [0.25, 0.3) is 0 Å². The third-order valence-electron chi connectivity index (χ3n) is 4.72. The molecular weight excluding hydrogens is 314 g/mol. The summed E-state index contributed by atoms with van der Waals surface area (Å²) < 4.78 is 5.89. The normalized spacial score (nSPS) is 23.2. The van der Waals surface area contributed by atoms with Gasteiger partial charge in [-0.2, -0.15) is 5.26 Å². The minimum absolute atomic E-state index is 0.0972. The van der Waals surface area contributed by atoms with Crippen LogP contribution in [0.2, 0.25) is 0 Å². The molecule has 0 saturated carbocycles. The monoisotopic (exact) mass is 337 g/mol. The number of aryl methyl sites for hydroxylation is 1. The Labute approximate surface area is 148 Å². The van der Waals surface area contributed by atoms with Crippen LogP contribution in [0.15, 0.2) is 42.5 Å². The van der Waals surface area contributed by atoms with E-state index in [0.717, 1.165) is 16.7 Å². The predicted molar refractivity (Wildman–Crippen MR) is 95.1 cm³/mol. The first-order chi connectivity index (χ1) is 12.1. The summed E-state index contributed by atoms with van der Waals surface area (Å²) in [6.45, 7) is 1.95. The maximum absolute atomic E-state index is 10.0. The summed E-state index contributed by atoms with van der Waals surface area (Å²) in [6.07, 6.45) is 0.559. The zero-order valence-corrected chi connectivity index (χ0v) is 14.4. The number of ether oxygens (including phenoxy) is 1. The maximum atomic E-state index is 10.0. The molecule has 0 amide bonds. The molecule has 2 N–H and O–H groups in total. The highest BCUT2D eigenvalue weighted by molar-refractivity contribution is 5.43. The molecule has 1 aliphatic rings. The van der Waals surface area contributed by atoms with Crippen molar-refractivity contribution >= 4 is 0 Å². The van der Waals surface area contributed by atoms with E-state index in [1.807, 2.05) is 18.2 Å². The maximum Gasteiger partial charge on any atom is 0.0994 e. The predicted octanol–water partition coefficient (Wildman–Crippen LogP) is 3.03. The van der Waals surface area contributed by atoms with Crippen molar-refractivity contribution < 1.29 is 14.9 Å². The molecule has 0 spiro atoms. The standard InChI is InChI=1S/C21H23NO3/c1-14-2-4-15(5-3-14)8-18-9-16(6-7-17(18)12-22)21-11-19(24)10-20(13-23)25-21/h2-7,9,19-21,23-24H,8,10-11,13H2,1H3. The van der Waals surface area contributed by atoms with Gasteiger partial charge in [-0.25, -0.2) is 0 Å². The lowest BCUT2D eigenvalue weighted by Gasteiger charge is -2.32. The Hall–Kier alpha value is -2.19. The molecule has 4 nitrogen and oxygen atoms in total. The van der Waals surface area contributed by atoms with Crippen molar-refractivity contribution in [1.82, 2.24) is 0 Å². The van der Waals surface area contributed by atoms with Gasteiger partial charge < -0.3 is 14.9 Å². The molecule has 1 fully saturated rings. The highest BCUT2D eigenvalue weighted by Crippen LogP contribution is 2.32. The molecule has 3 atom stereocenters. The molecule has 0 aromatic heterocycles. The van der Waals surface area contributed by atoms with Crippen LogP contribution in [0.4, 0.5) is 0 Å². The number of aliphatic hydroxyl groups excluding tert-OH is 2. The molecule has 0 radical (unpaired) electrons. The van der Waals surface area contributed by atoms with Crippen molar-refractivity contribution in [2.75, 3.05) is 6.61 Å². The van der Waals surface area contributed by atoms with Gasteiger partial charge in [-0.15, -0.1) is 0 Å². The van der Waals surface area contributed by atoms with Crippen LogP contribution in [0.1, 0.15) is 46.8 Å². The summed E-state index contributed by atoms with van der Waals surface area (Å²) in [5.41, 5.74) is 4.90. The third kappa shape index (κ3) is 4.26. The summed E-state index contributed by atoms with van der Waals surface area (Å²) in [4.78, 5) is 0. The number of rotatable bonds is 4. The van der Waals surface area contributed by atoms with E-state index in [2.05, 4.69) is 37.3 Å². The fourth-order valence-electron chi connectivity index (χ4n) is 3.32. The number of nitrogens with zero attached hydrogens (tertiary/aromatic N) is 1. The molecule has 1 heterocycles. The van der Waals surface area contributed by atoms with Crippen LogP contribution in [0, 0.1) is 18.3 Å². The topological polar surface area (TPSA) is 73.5 Å². The van der Waals surface area contributed by atoms with Gasteiger partial charge >= 0.3 is 0 Å². The highest BCUT2D eigenvalue weighted by atomic mass is 16.5. The highest BCUT2D eigenvalue weighted by Gasteiger charge is 2.29. The number of hydrogen-bond donors (Lipinski definition) is 2. The number of hydrogen-bond acceptors (Lipinski definition) is 4. The van der Waals surface area contributed by atoms with Crippen LogP contribution in [0.5, 0.6) is 0 Å². The second-order valence-electron chi connectivity index (χ2n) is 6.75. The summed E-state index contributed by atoms with van der Waals surface area (Å²) in [7, 11) is 0.